The number of hydrazone groups is 1. The highest BCUT2D eigenvalue weighted by Gasteiger charge is 2.06. The van der Waals surface area contributed by atoms with Gasteiger partial charge < -0.3 is 4.74 Å². The van der Waals surface area contributed by atoms with E-state index in [1.807, 2.05) is 6.07 Å². The van der Waals surface area contributed by atoms with Crippen molar-refractivity contribution in [3.63, 3.8) is 0 Å². The molecule has 8 heteroatoms. The average molecular weight is 362 g/mol. The van der Waals surface area contributed by atoms with Crippen LogP contribution in [0, 0.1) is 10.1 Å². The van der Waals surface area contributed by atoms with E-state index in [-0.39, 0.29) is 17.5 Å². The Morgan fingerprint density at radius 2 is 1.81 bits per heavy atom. The van der Waals surface area contributed by atoms with E-state index in [9.17, 15) is 14.9 Å². The number of carbonyl (C=O) groups is 1. The van der Waals surface area contributed by atoms with Gasteiger partial charge in [-0.15, -0.1) is 0 Å². The van der Waals surface area contributed by atoms with Crippen LogP contribution in [-0.4, -0.2) is 22.0 Å². The lowest BCUT2D eigenvalue weighted by atomic mass is 10.2. The number of benzene rings is 2. The highest BCUT2D eigenvalue weighted by atomic mass is 16.6. The zero-order chi connectivity index (χ0) is 19.1. The Balaban J connectivity index is 1.56. The molecule has 3 rings (SSSR count). The van der Waals surface area contributed by atoms with Crippen LogP contribution < -0.4 is 10.2 Å². The molecule has 0 bridgehead atoms. The highest BCUT2D eigenvalue weighted by molar-refractivity contribution is 5.94. The van der Waals surface area contributed by atoms with Crippen molar-refractivity contribution in [3.8, 4) is 11.6 Å². The molecular formula is C19H14N4O4. The molecule has 0 radical (unpaired) electrons. The summed E-state index contributed by atoms with van der Waals surface area (Å²) in [4.78, 5) is 25.8. The van der Waals surface area contributed by atoms with E-state index in [0.29, 0.717) is 11.3 Å². The van der Waals surface area contributed by atoms with E-state index < -0.39 is 4.92 Å². The molecule has 0 fully saturated rings. The molecule has 0 saturated carbocycles. The molecule has 27 heavy (non-hydrogen) atoms. The monoisotopic (exact) mass is 362 g/mol. The van der Waals surface area contributed by atoms with Crippen molar-refractivity contribution in [3.05, 3.63) is 94.2 Å². The van der Waals surface area contributed by atoms with Crippen LogP contribution in [-0.2, 0) is 0 Å². The largest absolute Gasteiger partial charge is 0.439 e. The first-order valence-corrected chi connectivity index (χ1v) is 7.88. The Hall–Kier alpha value is -4.07. The minimum atomic E-state index is -0.526. The van der Waals surface area contributed by atoms with Crippen LogP contribution in [0.4, 0.5) is 5.69 Å². The number of rotatable bonds is 6. The van der Waals surface area contributed by atoms with E-state index >= 15 is 0 Å². The Kier molecular flexibility index (Phi) is 5.48. The third-order valence-electron chi connectivity index (χ3n) is 3.45. The molecule has 0 saturated heterocycles. The fourth-order valence-electron chi connectivity index (χ4n) is 2.10. The molecule has 134 valence electrons. The minimum absolute atomic E-state index is 0.105. The Morgan fingerprint density at radius 3 is 2.44 bits per heavy atom. The minimum Gasteiger partial charge on any atom is -0.439 e. The van der Waals surface area contributed by atoms with Crippen molar-refractivity contribution in [2.45, 2.75) is 0 Å². The van der Waals surface area contributed by atoms with Crippen LogP contribution >= 0.6 is 0 Å². The molecule has 0 aliphatic carbocycles. The van der Waals surface area contributed by atoms with Crippen LogP contribution in [0.15, 0.2) is 78.0 Å². The zero-order valence-corrected chi connectivity index (χ0v) is 14.0. The first-order valence-electron chi connectivity index (χ1n) is 7.88. The average Bonchev–Trinajstić information content (AvgIpc) is 2.70. The van der Waals surface area contributed by atoms with Crippen LogP contribution in [0.25, 0.3) is 0 Å². The molecule has 1 aromatic heterocycles. The summed E-state index contributed by atoms with van der Waals surface area (Å²) >= 11 is 0. The second kappa shape index (κ2) is 8.34. The fourth-order valence-corrected chi connectivity index (χ4v) is 2.10. The van der Waals surface area contributed by atoms with Gasteiger partial charge in [0.15, 0.2) is 0 Å². The van der Waals surface area contributed by atoms with Crippen LogP contribution in [0.5, 0.6) is 11.6 Å². The molecular weight excluding hydrogens is 348 g/mol. The molecule has 3 aromatic rings. The first-order chi connectivity index (χ1) is 13.1. The SMILES string of the molecule is O=C(N/N=C\c1ccc(Oc2ccc([N+](=O)[O-])cn2)cc1)c1ccccc1. The normalized spacial score (nSPS) is 10.5. The van der Waals surface area contributed by atoms with E-state index in [1.165, 1.54) is 18.3 Å². The number of hydrogen-bond donors (Lipinski definition) is 1. The quantitative estimate of drug-likeness (QED) is 0.410. The van der Waals surface area contributed by atoms with Gasteiger partial charge in [-0.1, -0.05) is 18.2 Å². The van der Waals surface area contributed by atoms with Crippen molar-refractivity contribution < 1.29 is 14.5 Å². The molecule has 1 amide bonds. The summed E-state index contributed by atoms with van der Waals surface area (Å²) in [6.45, 7) is 0. The third kappa shape index (κ3) is 4.95. The van der Waals surface area contributed by atoms with Crippen LogP contribution in [0.1, 0.15) is 15.9 Å². The van der Waals surface area contributed by atoms with Crippen molar-refractivity contribution in [1.82, 2.24) is 10.4 Å². The number of nitro groups is 1. The zero-order valence-electron chi connectivity index (χ0n) is 14.0. The summed E-state index contributed by atoms with van der Waals surface area (Å²) in [6, 6.07) is 18.4. The fraction of sp³-hybridized carbons (Fsp3) is 0. The number of nitrogens with zero attached hydrogens (tertiary/aromatic N) is 3. The topological polar surface area (TPSA) is 107 Å². The molecule has 0 aliphatic rings. The van der Waals surface area contributed by atoms with Gasteiger partial charge in [-0.3, -0.25) is 14.9 Å². The lowest BCUT2D eigenvalue weighted by molar-refractivity contribution is -0.385. The van der Waals surface area contributed by atoms with E-state index in [2.05, 4.69) is 15.5 Å². The molecule has 2 aromatic carbocycles. The maximum absolute atomic E-state index is 11.9. The van der Waals surface area contributed by atoms with Gasteiger partial charge in [-0.25, -0.2) is 10.4 Å². The van der Waals surface area contributed by atoms with Crippen molar-refractivity contribution in [2.24, 2.45) is 5.10 Å². The van der Waals surface area contributed by atoms with Gasteiger partial charge in [0.25, 0.3) is 11.6 Å². The number of aromatic nitrogens is 1. The van der Waals surface area contributed by atoms with Gasteiger partial charge in [0.1, 0.15) is 11.9 Å². The lowest BCUT2D eigenvalue weighted by Crippen LogP contribution is -2.17. The van der Waals surface area contributed by atoms with E-state index in [0.717, 1.165) is 11.8 Å². The maximum Gasteiger partial charge on any atom is 0.287 e. The molecule has 1 heterocycles. The predicted octanol–water partition coefficient (Wildman–Crippen LogP) is 3.55. The summed E-state index contributed by atoms with van der Waals surface area (Å²) < 4.78 is 5.52. The van der Waals surface area contributed by atoms with Gasteiger partial charge in [0, 0.05) is 17.7 Å². The first kappa shape index (κ1) is 17.7. The van der Waals surface area contributed by atoms with Crippen molar-refractivity contribution in [1.29, 1.82) is 0 Å². The summed E-state index contributed by atoms with van der Waals surface area (Å²) in [6.07, 6.45) is 2.64. The Bertz CT molecular complexity index is 955. The number of carbonyl (C=O) groups excluding carboxylic acids is 1. The van der Waals surface area contributed by atoms with E-state index in [1.54, 1.807) is 48.5 Å². The standard InChI is InChI=1S/C19H14N4O4/c24-19(15-4-2-1-3-5-15)22-21-12-14-6-9-17(10-7-14)27-18-11-8-16(13-20-18)23(25)26/h1-13H,(H,22,24)/b21-12-. The van der Waals surface area contributed by atoms with Crippen molar-refractivity contribution in [2.75, 3.05) is 0 Å². The number of nitrogens with one attached hydrogen (secondary N) is 1. The molecule has 0 unspecified atom stereocenters. The lowest BCUT2D eigenvalue weighted by Gasteiger charge is -2.04. The second-order valence-electron chi connectivity index (χ2n) is 5.35. The molecule has 8 nitrogen and oxygen atoms in total. The summed E-state index contributed by atoms with van der Waals surface area (Å²) in [7, 11) is 0. The van der Waals surface area contributed by atoms with Gasteiger partial charge in [-0.2, -0.15) is 5.10 Å². The summed E-state index contributed by atoms with van der Waals surface area (Å²) in [5.41, 5.74) is 3.62. The van der Waals surface area contributed by atoms with Gasteiger partial charge in [0.2, 0.25) is 5.88 Å². The molecule has 1 N–H and O–H groups in total. The number of pyridine rings is 1. The summed E-state index contributed by atoms with van der Waals surface area (Å²) in [5, 5.41) is 14.5. The molecule has 0 aliphatic heterocycles. The van der Waals surface area contributed by atoms with E-state index in [4.69, 9.17) is 4.74 Å². The van der Waals surface area contributed by atoms with Crippen LogP contribution in [0.3, 0.4) is 0 Å². The number of ether oxygens (including phenoxy) is 1. The number of amides is 1. The molecule has 0 spiro atoms. The van der Waals surface area contributed by atoms with Gasteiger partial charge in [0.05, 0.1) is 11.1 Å². The summed E-state index contributed by atoms with van der Waals surface area (Å²) in [5.74, 6) is 0.468. The van der Waals surface area contributed by atoms with Crippen molar-refractivity contribution >= 4 is 17.8 Å². The Morgan fingerprint density at radius 1 is 1.07 bits per heavy atom. The number of hydrogen-bond acceptors (Lipinski definition) is 6. The van der Waals surface area contributed by atoms with Crippen LogP contribution in [0.2, 0.25) is 0 Å². The third-order valence-corrected chi connectivity index (χ3v) is 3.45. The molecule has 0 atom stereocenters. The maximum atomic E-state index is 11.9. The second-order valence-corrected chi connectivity index (χ2v) is 5.35. The Labute approximate surface area is 154 Å². The smallest absolute Gasteiger partial charge is 0.287 e. The highest BCUT2D eigenvalue weighted by Crippen LogP contribution is 2.21. The predicted molar refractivity (Wildman–Crippen MR) is 98.9 cm³/mol. The van der Waals surface area contributed by atoms with Gasteiger partial charge in [-0.05, 0) is 42.0 Å². The van der Waals surface area contributed by atoms with Gasteiger partial charge >= 0.3 is 0 Å².